The van der Waals surface area contributed by atoms with E-state index in [9.17, 15) is 0 Å². The van der Waals surface area contributed by atoms with Crippen LogP contribution in [0.15, 0.2) is 115 Å². The van der Waals surface area contributed by atoms with Gasteiger partial charge in [0.1, 0.15) is 5.54 Å². The molecule has 0 bridgehead atoms. The zero-order valence-electron chi connectivity index (χ0n) is 21.9. The molecule has 0 saturated carbocycles. The zero-order chi connectivity index (χ0) is 26.2. The standard InChI is InChI=1S/C16H16N2.C15H27N3/c1-2-16(18-13-17,14-9-5-3-6-10-14)15-11-7-4-8-12-15;1-13(17-11-7-8-12-18(2)3)15(16)14-9-5-4-6-10-14/h2-13H,1H2,(H2,17,18);4-6,9,14-15,17H,1,7-8,10-12,16H2,2-3H3. The van der Waals surface area contributed by atoms with Gasteiger partial charge in [-0.1, -0.05) is 104 Å². The van der Waals surface area contributed by atoms with Crippen LogP contribution in [0.5, 0.6) is 0 Å². The van der Waals surface area contributed by atoms with Crippen molar-refractivity contribution in [1.82, 2.24) is 10.2 Å². The minimum absolute atomic E-state index is 0.0139. The van der Waals surface area contributed by atoms with Gasteiger partial charge < -0.3 is 21.7 Å². The van der Waals surface area contributed by atoms with Crippen molar-refractivity contribution in [1.29, 1.82) is 0 Å². The molecule has 2 unspecified atom stereocenters. The van der Waals surface area contributed by atoms with Crippen molar-refractivity contribution in [2.75, 3.05) is 27.2 Å². The number of nitrogens with two attached hydrogens (primary N) is 2. The van der Waals surface area contributed by atoms with Gasteiger partial charge in [-0.15, -0.1) is 0 Å². The second-order valence-corrected chi connectivity index (χ2v) is 9.18. The van der Waals surface area contributed by atoms with Gasteiger partial charge in [-0.2, -0.15) is 0 Å². The Morgan fingerprint density at radius 2 is 1.69 bits per heavy atom. The first-order valence-corrected chi connectivity index (χ1v) is 12.6. The number of nitrogens with one attached hydrogen (secondary N) is 1. The van der Waals surface area contributed by atoms with Gasteiger partial charge in [0, 0.05) is 18.2 Å². The van der Waals surface area contributed by atoms with Crippen LogP contribution in [0.2, 0.25) is 0 Å². The number of unbranched alkanes of at least 4 members (excludes halogenated alkanes) is 1. The molecule has 5 heteroatoms. The molecule has 2 aromatic rings. The third-order valence-electron chi connectivity index (χ3n) is 6.26. The molecule has 5 nitrogen and oxygen atoms in total. The number of aliphatic imine (C=N–C) groups is 1. The number of rotatable bonds is 12. The Balaban J connectivity index is 0.000000254. The lowest BCUT2D eigenvalue weighted by Crippen LogP contribution is -2.37. The molecule has 0 aliphatic heterocycles. The first kappa shape index (κ1) is 28.8. The number of allylic oxidation sites excluding steroid dienone is 3. The van der Waals surface area contributed by atoms with Crippen LogP contribution < -0.4 is 16.8 Å². The summed E-state index contributed by atoms with van der Waals surface area (Å²) < 4.78 is 0. The predicted molar refractivity (Wildman–Crippen MR) is 156 cm³/mol. The van der Waals surface area contributed by atoms with Gasteiger partial charge in [0.2, 0.25) is 0 Å². The minimum atomic E-state index is -0.614. The van der Waals surface area contributed by atoms with Crippen molar-refractivity contribution in [3.05, 3.63) is 121 Å². The van der Waals surface area contributed by atoms with Crippen LogP contribution in [-0.4, -0.2) is 44.5 Å². The molecule has 192 valence electrons. The summed E-state index contributed by atoms with van der Waals surface area (Å²) in [5, 5.41) is 3.36. The molecule has 3 rings (SSSR count). The number of benzene rings is 2. The molecule has 5 N–H and O–H groups in total. The first-order valence-electron chi connectivity index (χ1n) is 12.6. The van der Waals surface area contributed by atoms with E-state index in [-0.39, 0.29) is 6.04 Å². The van der Waals surface area contributed by atoms with Gasteiger partial charge in [-0.05, 0) is 51.0 Å². The van der Waals surface area contributed by atoms with Crippen LogP contribution >= 0.6 is 0 Å². The summed E-state index contributed by atoms with van der Waals surface area (Å²) in [5.74, 6) is 0.386. The fourth-order valence-corrected chi connectivity index (χ4v) is 4.15. The van der Waals surface area contributed by atoms with Gasteiger partial charge in [0.25, 0.3) is 0 Å². The van der Waals surface area contributed by atoms with Crippen molar-refractivity contribution in [2.24, 2.45) is 22.4 Å². The SMILES string of the molecule is C=C(NCCCCN(C)C)C(N)C1C=CC=CC1.C=CC(N=CN)(c1ccccc1)c1ccccc1. The average molecular weight is 486 g/mol. The van der Waals surface area contributed by atoms with Gasteiger partial charge >= 0.3 is 0 Å². The van der Waals surface area contributed by atoms with Crippen LogP contribution in [0, 0.1) is 5.92 Å². The van der Waals surface area contributed by atoms with Gasteiger partial charge in [-0.25, -0.2) is 0 Å². The lowest BCUT2D eigenvalue weighted by Gasteiger charge is -2.27. The largest absolute Gasteiger partial charge is 0.390 e. The van der Waals surface area contributed by atoms with Crippen LogP contribution in [0.4, 0.5) is 0 Å². The molecule has 36 heavy (non-hydrogen) atoms. The van der Waals surface area contributed by atoms with Crippen molar-refractivity contribution in [3.8, 4) is 0 Å². The second-order valence-electron chi connectivity index (χ2n) is 9.18. The minimum Gasteiger partial charge on any atom is -0.390 e. The summed E-state index contributed by atoms with van der Waals surface area (Å²) in [5.41, 5.74) is 14.2. The molecule has 2 aromatic carbocycles. The summed E-state index contributed by atoms with van der Waals surface area (Å²) in [6, 6.07) is 20.0. The van der Waals surface area contributed by atoms with E-state index in [1.54, 1.807) is 0 Å². The molecule has 0 spiro atoms. The maximum atomic E-state index is 6.20. The van der Waals surface area contributed by atoms with E-state index in [0.717, 1.165) is 42.8 Å². The zero-order valence-corrected chi connectivity index (χ0v) is 21.9. The Kier molecular flexibility index (Phi) is 12.5. The molecule has 0 aromatic heterocycles. The van der Waals surface area contributed by atoms with Crippen LogP contribution in [0.25, 0.3) is 0 Å². The summed E-state index contributed by atoms with van der Waals surface area (Å²) in [4.78, 5) is 6.66. The topological polar surface area (TPSA) is 79.7 Å². The molecule has 0 radical (unpaired) electrons. The van der Waals surface area contributed by atoms with Gasteiger partial charge in [0.05, 0.1) is 12.4 Å². The molecule has 0 fully saturated rings. The predicted octanol–water partition coefficient (Wildman–Crippen LogP) is 4.99. The molecule has 0 amide bonds. The lowest BCUT2D eigenvalue weighted by molar-refractivity contribution is 0.392. The van der Waals surface area contributed by atoms with Crippen LogP contribution in [0.1, 0.15) is 30.4 Å². The normalized spacial score (nSPS) is 15.8. The van der Waals surface area contributed by atoms with Crippen molar-refractivity contribution in [3.63, 3.8) is 0 Å². The lowest BCUT2D eigenvalue weighted by atomic mass is 9.83. The summed E-state index contributed by atoms with van der Waals surface area (Å²) in [7, 11) is 4.20. The van der Waals surface area contributed by atoms with E-state index in [2.05, 4.69) is 66.8 Å². The van der Waals surface area contributed by atoms with Gasteiger partial charge in [0.15, 0.2) is 0 Å². The molecule has 0 heterocycles. The fourth-order valence-electron chi connectivity index (χ4n) is 4.15. The Labute approximate surface area is 218 Å². The molecule has 1 aliphatic carbocycles. The highest BCUT2D eigenvalue weighted by Crippen LogP contribution is 2.34. The van der Waals surface area contributed by atoms with Crippen molar-refractivity contribution >= 4 is 6.34 Å². The fraction of sp³-hybridized carbons (Fsp3) is 0.323. The highest BCUT2D eigenvalue weighted by Gasteiger charge is 2.29. The summed E-state index contributed by atoms with van der Waals surface area (Å²) in [6.45, 7) is 10.1. The number of hydrogen-bond acceptors (Lipinski definition) is 4. The van der Waals surface area contributed by atoms with E-state index >= 15 is 0 Å². The van der Waals surface area contributed by atoms with Gasteiger partial charge in [-0.3, -0.25) is 4.99 Å². The Morgan fingerprint density at radius 1 is 1.08 bits per heavy atom. The molecule has 0 saturated heterocycles. The molecular formula is C31H43N5. The Morgan fingerprint density at radius 3 is 2.17 bits per heavy atom. The first-order chi connectivity index (χ1) is 17.4. The summed E-state index contributed by atoms with van der Waals surface area (Å²) in [6.07, 6.45) is 15.0. The van der Waals surface area contributed by atoms with E-state index in [1.807, 2.05) is 66.7 Å². The van der Waals surface area contributed by atoms with E-state index in [4.69, 9.17) is 11.5 Å². The maximum absolute atomic E-state index is 6.20. The van der Waals surface area contributed by atoms with E-state index in [0.29, 0.717) is 5.92 Å². The van der Waals surface area contributed by atoms with Crippen LogP contribution in [0.3, 0.4) is 0 Å². The average Bonchev–Trinajstić information content (AvgIpc) is 2.92. The highest BCUT2D eigenvalue weighted by atomic mass is 15.0. The maximum Gasteiger partial charge on any atom is 0.130 e. The molecular weight excluding hydrogens is 442 g/mol. The Hall–Kier alpha value is -3.41. The quantitative estimate of drug-likeness (QED) is 0.171. The van der Waals surface area contributed by atoms with E-state index in [1.165, 1.54) is 12.8 Å². The highest BCUT2D eigenvalue weighted by molar-refractivity contribution is 5.57. The number of nitrogens with zero attached hydrogens (tertiary/aromatic N) is 2. The second kappa shape index (κ2) is 15.6. The number of hydrogen-bond donors (Lipinski definition) is 3. The van der Waals surface area contributed by atoms with Crippen molar-refractivity contribution in [2.45, 2.75) is 30.8 Å². The van der Waals surface area contributed by atoms with Crippen molar-refractivity contribution < 1.29 is 0 Å². The third kappa shape index (κ3) is 8.67. The van der Waals surface area contributed by atoms with Crippen LogP contribution in [-0.2, 0) is 5.54 Å². The smallest absolute Gasteiger partial charge is 0.130 e. The molecule has 2 atom stereocenters. The monoisotopic (exact) mass is 485 g/mol. The third-order valence-corrected chi connectivity index (χ3v) is 6.26. The van der Waals surface area contributed by atoms with E-state index < -0.39 is 5.54 Å². The Bertz CT molecular complexity index is 953. The molecule has 1 aliphatic rings. The summed E-state index contributed by atoms with van der Waals surface area (Å²) >= 11 is 0.